The molecular weight excluding hydrogens is 212 g/mol. The van der Waals surface area contributed by atoms with Gasteiger partial charge in [-0.15, -0.1) is 0 Å². The molecule has 2 unspecified atom stereocenters. The fourth-order valence-electron chi connectivity index (χ4n) is 2.46. The first-order chi connectivity index (χ1) is 8.15. The minimum atomic E-state index is -0.0311. The molecule has 0 bridgehead atoms. The molecule has 2 rings (SSSR count). The molecule has 1 aliphatic rings. The van der Waals surface area contributed by atoms with E-state index in [1.54, 1.807) is 0 Å². The second-order valence-electron chi connectivity index (χ2n) is 4.92. The predicted molar refractivity (Wildman–Crippen MR) is 71.2 cm³/mol. The highest BCUT2D eigenvalue weighted by atomic mass is 16.1. The zero-order chi connectivity index (χ0) is 12.3. The fraction of sp³-hybridized carbons (Fsp3) is 0.500. The molecule has 1 aliphatic carbocycles. The van der Waals surface area contributed by atoms with Gasteiger partial charge in [-0.05, 0) is 37.0 Å². The molecule has 2 N–H and O–H groups in total. The van der Waals surface area contributed by atoms with Gasteiger partial charge in [0, 0.05) is 24.3 Å². The van der Waals surface area contributed by atoms with Gasteiger partial charge in [0.05, 0.1) is 0 Å². The molecule has 2 atom stereocenters. The van der Waals surface area contributed by atoms with E-state index in [0.717, 1.165) is 17.3 Å². The Hall–Kier alpha value is -1.51. The lowest BCUT2D eigenvalue weighted by Crippen LogP contribution is -2.21. The van der Waals surface area contributed by atoms with Crippen molar-refractivity contribution in [2.75, 3.05) is 10.6 Å². The van der Waals surface area contributed by atoms with Crippen LogP contribution >= 0.6 is 0 Å². The van der Waals surface area contributed by atoms with Crippen LogP contribution in [-0.2, 0) is 4.79 Å². The molecular formula is C14H20N2O. The molecule has 17 heavy (non-hydrogen) atoms. The Morgan fingerprint density at radius 3 is 2.71 bits per heavy atom. The van der Waals surface area contributed by atoms with Gasteiger partial charge in [-0.25, -0.2) is 0 Å². The minimum absolute atomic E-state index is 0.0311. The Bertz CT molecular complexity index is 403. The van der Waals surface area contributed by atoms with Gasteiger partial charge >= 0.3 is 0 Å². The molecule has 0 radical (unpaired) electrons. The standard InChI is InChI=1S/C14H20N2O/c1-10-5-3-8-14(10)16-13-7-4-6-12(9-13)15-11(2)17/h4,6-7,9-10,14,16H,3,5,8H2,1-2H3,(H,15,17). The Morgan fingerprint density at radius 2 is 2.06 bits per heavy atom. The minimum Gasteiger partial charge on any atom is -0.382 e. The fourth-order valence-corrected chi connectivity index (χ4v) is 2.46. The largest absolute Gasteiger partial charge is 0.382 e. The number of amides is 1. The number of anilines is 2. The number of hydrogen-bond donors (Lipinski definition) is 2. The third kappa shape index (κ3) is 3.22. The first-order valence-corrected chi connectivity index (χ1v) is 6.29. The number of nitrogens with one attached hydrogen (secondary N) is 2. The predicted octanol–water partition coefficient (Wildman–Crippen LogP) is 3.25. The van der Waals surface area contributed by atoms with E-state index in [1.165, 1.54) is 26.2 Å². The van der Waals surface area contributed by atoms with Crippen molar-refractivity contribution < 1.29 is 4.79 Å². The molecule has 1 aromatic carbocycles. The summed E-state index contributed by atoms with van der Waals surface area (Å²) in [7, 11) is 0. The van der Waals surface area contributed by atoms with Crippen molar-refractivity contribution in [1.29, 1.82) is 0 Å². The van der Waals surface area contributed by atoms with Crippen molar-refractivity contribution >= 4 is 17.3 Å². The summed E-state index contributed by atoms with van der Waals surface area (Å²) < 4.78 is 0. The molecule has 92 valence electrons. The highest BCUT2D eigenvalue weighted by Gasteiger charge is 2.22. The maximum Gasteiger partial charge on any atom is 0.221 e. The van der Waals surface area contributed by atoms with Crippen molar-refractivity contribution in [1.82, 2.24) is 0 Å². The molecule has 1 saturated carbocycles. The Morgan fingerprint density at radius 1 is 1.29 bits per heavy atom. The summed E-state index contributed by atoms with van der Waals surface area (Å²) in [5.74, 6) is 0.704. The third-order valence-corrected chi connectivity index (χ3v) is 3.40. The van der Waals surface area contributed by atoms with Gasteiger partial charge in [-0.2, -0.15) is 0 Å². The summed E-state index contributed by atoms with van der Waals surface area (Å²) in [5, 5.41) is 6.36. The average Bonchev–Trinajstić information content (AvgIpc) is 2.64. The molecule has 1 amide bonds. The molecule has 0 spiro atoms. The van der Waals surface area contributed by atoms with Gasteiger partial charge in [0.1, 0.15) is 0 Å². The van der Waals surface area contributed by atoms with Crippen LogP contribution in [0, 0.1) is 5.92 Å². The second-order valence-corrected chi connectivity index (χ2v) is 4.92. The number of carbonyl (C=O) groups is 1. The third-order valence-electron chi connectivity index (χ3n) is 3.40. The lowest BCUT2D eigenvalue weighted by Gasteiger charge is -2.19. The van der Waals surface area contributed by atoms with Crippen molar-refractivity contribution in [2.24, 2.45) is 5.92 Å². The molecule has 0 aromatic heterocycles. The molecule has 0 saturated heterocycles. The van der Waals surface area contributed by atoms with Crippen molar-refractivity contribution in [3.8, 4) is 0 Å². The second kappa shape index (κ2) is 5.21. The number of rotatable bonds is 3. The van der Waals surface area contributed by atoms with Crippen LogP contribution in [0.25, 0.3) is 0 Å². The topological polar surface area (TPSA) is 41.1 Å². The van der Waals surface area contributed by atoms with E-state index in [2.05, 4.69) is 23.6 Å². The Labute approximate surface area is 103 Å². The zero-order valence-corrected chi connectivity index (χ0v) is 10.5. The van der Waals surface area contributed by atoms with Crippen LogP contribution < -0.4 is 10.6 Å². The maximum absolute atomic E-state index is 11.0. The van der Waals surface area contributed by atoms with Crippen LogP contribution in [0.5, 0.6) is 0 Å². The first-order valence-electron chi connectivity index (χ1n) is 6.29. The van der Waals surface area contributed by atoms with Gasteiger partial charge in [0.2, 0.25) is 5.91 Å². The van der Waals surface area contributed by atoms with Gasteiger partial charge in [-0.3, -0.25) is 4.79 Å². The van der Waals surface area contributed by atoms with Crippen LogP contribution in [0.4, 0.5) is 11.4 Å². The molecule has 0 aliphatic heterocycles. The average molecular weight is 232 g/mol. The molecule has 3 nitrogen and oxygen atoms in total. The monoisotopic (exact) mass is 232 g/mol. The van der Waals surface area contributed by atoms with Gasteiger partial charge in [0.25, 0.3) is 0 Å². The normalized spacial score (nSPS) is 23.4. The smallest absolute Gasteiger partial charge is 0.221 e. The van der Waals surface area contributed by atoms with E-state index in [9.17, 15) is 4.79 Å². The van der Waals surface area contributed by atoms with Gasteiger partial charge in [0.15, 0.2) is 0 Å². The van der Waals surface area contributed by atoms with E-state index in [-0.39, 0.29) is 5.91 Å². The summed E-state index contributed by atoms with van der Waals surface area (Å²) in [6.07, 6.45) is 3.86. The highest BCUT2D eigenvalue weighted by Crippen LogP contribution is 2.28. The molecule has 1 aromatic rings. The number of hydrogen-bond acceptors (Lipinski definition) is 2. The van der Waals surface area contributed by atoms with E-state index >= 15 is 0 Å². The molecule has 1 fully saturated rings. The summed E-state index contributed by atoms with van der Waals surface area (Å²) in [6, 6.07) is 8.49. The van der Waals surface area contributed by atoms with Crippen molar-refractivity contribution in [3.05, 3.63) is 24.3 Å². The lowest BCUT2D eigenvalue weighted by atomic mass is 10.1. The first kappa shape index (κ1) is 12.0. The van der Waals surface area contributed by atoms with Crippen LogP contribution in [0.1, 0.15) is 33.1 Å². The Balaban J connectivity index is 2.03. The van der Waals surface area contributed by atoms with E-state index in [0.29, 0.717) is 6.04 Å². The maximum atomic E-state index is 11.0. The van der Waals surface area contributed by atoms with Crippen LogP contribution in [0.3, 0.4) is 0 Å². The van der Waals surface area contributed by atoms with E-state index in [4.69, 9.17) is 0 Å². The zero-order valence-electron chi connectivity index (χ0n) is 10.5. The van der Waals surface area contributed by atoms with Crippen molar-refractivity contribution in [2.45, 2.75) is 39.2 Å². The summed E-state index contributed by atoms with van der Waals surface area (Å²) in [5.41, 5.74) is 1.95. The van der Waals surface area contributed by atoms with Gasteiger partial charge < -0.3 is 10.6 Å². The number of carbonyl (C=O) groups excluding carboxylic acids is 1. The molecule has 3 heteroatoms. The molecule has 0 heterocycles. The summed E-state index contributed by atoms with van der Waals surface area (Å²) in [6.45, 7) is 3.82. The number of benzene rings is 1. The van der Waals surface area contributed by atoms with E-state index < -0.39 is 0 Å². The SMILES string of the molecule is CC(=O)Nc1cccc(NC2CCCC2C)c1. The lowest BCUT2D eigenvalue weighted by molar-refractivity contribution is -0.114. The van der Waals surface area contributed by atoms with Crippen molar-refractivity contribution in [3.63, 3.8) is 0 Å². The highest BCUT2D eigenvalue weighted by molar-refractivity contribution is 5.89. The van der Waals surface area contributed by atoms with Crippen LogP contribution in [0.15, 0.2) is 24.3 Å². The van der Waals surface area contributed by atoms with Crippen LogP contribution in [-0.4, -0.2) is 11.9 Å². The summed E-state index contributed by atoms with van der Waals surface area (Å²) in [4.78, 5) is 11.0. The summed E-state index contributed by atoms with van der Waals surface area (Å²) >= 11 is 0. The van der Waals surface area contributed by atoms with Gasteiger partial charge in [-0.1, -0.05) is 19.4 Å². The quantitative estimate of drug-likeness (QED) is 0.840. The Kier molecular flexibility index (Phi) is 3.67. The van der Waals surface area contributed by atoms with E-state index in [1.807, 2.05) is 18.2 Å². The van der Waals surface area contributed by atoms with Crippen LogP contribution in [0.2, 0.25) is 0 Å².